The molecule has 0 saturated heterocycles. The molecule has 0 aliphatic rings. The highest BCUT2D eigenvalue weighted by molar-refractivity contribution is 7.14. The molecule has 0 amide bonds. The van der Waals surface area contributed by atoms with Gasteiger partial charge in [-0.15, -0.1) is 10.2 Å². The molecule has 8 heteroatoms. The normalized spacial score (nSPS) is 12.5. The Morgan fingerprint density at radius 1 is 1.17 bits per heavy atom. The number of carbonyl (C=O) groups is 2. The third-order valence-electron chi connectivity index (χ3n) is 2.92. The Kier molecular flexibility index (Phi) is 5.30. The molecule has 1 atom stereocenters. The first-order valence-electron chi connectivity index (χ1n) is 7.22. The van der Waals surface area contributed by atoms with Crippen LogP contribution in [0.2, 0.25) is 0 Å². The summed E-state index contributed by atoms with van der Waals surface area (Å²) in [6, 6.07) is 5.75. The third-order valence-corrected chi connectivity index (χ3v) is 3.98. The summed E-state index contributed by atoms with van der Waals surface area (Å²) in [5.41, 5.74) is 6.48. The second-order valence-electron chi connectivity index (χ2n) is 6.03. The molecule has 0 aliphatic heterocycles. The lowest BCUT2D eigenvalue weighted by molar-refractivity contribution is -0.156. The number of rotatable bonds is 4. The van der Waals surface area contributed by atoms with E-state index in [-0.39, 0.29) is 0 Å². The number of aromatic nitrogens is 2. The van der Waals surface area contributed by atoms with Crippen molar-refractivity contribution < 1.29 is 19.1 Å². The molecule has 1 aromatic heterocycles. The van der Waals surface area contributed by atoms with Crippen molar-refractivity contribution in [3.8, 4) is 10.6 Å². The molecule has 2 N–H and O–H groups in total. The summed E-state index contributed by atoms with van der Waals surface area (Å²) < 4.78 is 9.90. The Morgan fingerprint density at radius 2 is 1.79 bits per heavy atom. The van der Waals surface area contributed by atoms with Crippen LogP contribution in [0, 0.1) is 0 Å². The van der Waals surface area contributed by atoms with Crippen molar-refractivity contribution in [1.82, 2.24) is 10.2 Å². The average Bonchev–Trinajstić information content (AvgIpc) is 3.01. The lowest BCUT2D eigenvalue weighted by Gasteiger charge is -2.21. The molecule has 2 aromatic rings. The van der Waals surface area contributed by atoms with Crippen LogP contribution in [0.15, 0.2) is 24.3 Å². The zero-order valence-corrected chi connectivity index (χ0v) is 14.7. The fourth-order valence-corrected chi connectivity index (χ4v) is 2.65. The molecule has 0 bridgehead atoms. The number of hydrogen-bond donors (Lipinski definition) is 1. The molecule has 0 fully saturated rings. The lowest BCUT2D eigenvalue weighted by atomic mass is 10.1. The Bertz CT molecular complexity index is 735. The summed E-state index contributed by atoms with van der Waals surface area (Å²) in [6.45, 7) is 5.31. The van der Waals surface area contributed by atoms with Gasteiger partial charge in [0.1, 0.15) is 15.6 Å². The smallest absolute Gasteiger partial charge is 0.337 e. The Morgan fingerprint density at radius 3 is 2.33 bits per heavy atom. The van der Waals surface area contributed by atoms with Crippen LogP contribution in [0.4, 0.5) is 0 Å². The summed E-state index contributed by atoms with van der Waals surface area (Å²) in [4.78, 5) is 23.4. The number of carbonyl (C=O) groups excluding carboxylic acids is 2. The maximum atomic E-state index is 12.0. The molecular weight excluding hydrogens is 330 g/mol. The standard InChI is InChI=1S/C16H19N3O4S/c1-16(2,3)23-15(21)11(17)13-19-18-12(24-13)9-5-7-10(8-6-9)14(20)22-4/h5-8,11H,17H2,1-4H3. The van der Waals surface area contributed by atoms with E-state index in [2.05, 4.69) is 14.9 Å². The van der Waals surface area contributed by atoms with Gasteiger partial charge in [-0.05, 0) is 32.9 Å². The minimum absolute atomic E-state index is 0.372. The summed E-state index contributed by atoms with van der Waals surface area (Å²) >= 11 is 1.20. The van der Waals surface area contributed by atoms with Crippen LogP contribution in [0.25, 0.3) is 10.6 Å². The van der Waals surface area contributed by atoms with Crippen LogP contribution in [0.5, 0.6) is 0 Å². The predicted molar refractivity (Wildman–Crippen MR) is 89.5 cm³/mol. The monoisotopic (exact) mass is 349 g/mol. The van der Waals surface area contributed by atoms with Crippen LogP contribution in [-0.4, -0.2) is 34.8 Å². The molecule has 2 rings (SSSR count). The first-order valence-corrected chi connectivity index (χ1v) is 8.03. The fraction of sp³-hybridized carbons (Fsp3) is 0.375. The first kappa shape index (κ1) is 18.0. The van der Waals surface area contributed by atoms with Gasteiger partial charge in [0.05, 0.1) is 12.7 Å². The summed E-state index contributed by atoms with van der Waals surface area (Å²) in [6.07, 6.45) is 0. The number of methoxy groups -OCH3 is 1. The van der Waals surface area contributed by atoms with Crippen molar-refractivity contribution >= 4 is 23.3 Å². The van der Waals surface area contributed by atoms with E-state index >= 15 is 0 Å². The molecule has 7 nitrogen and oxygen atoms in total. The summed E-state index contributed by atoms with van der Waals surface area (Å²) in [7, 11) is 1.32. The highest BCUT2D eigenvalue weighted by atomic mass is 32.1. The Hall–Kier alpha value is -2.32. The van der Waals surface area contributed by atoms with Crippen LogP contribution in [0.1, 0.15) is 42.2 Å². The van der Waals surface area contributed by atoms with Crippen LogP contribution < -0.4 is 5.73 Å². The second-order valence-corrected chi connectivity index (χ2v) is 7.03. The van der Waals surface area contributed by atoms with E-state index in [1.54, 1.807) is 45.0 Å². The molecule has 0 spiro atoms. The van der Waals surface area contributed by atoms with E-state index in [4.69, 9.17) is 10.5 Å². The Labute approximate surface area is 143 Å². The van der Waals surface area contributed by atoms with Crippen LogP contribution in [0.3, 0.4) is 0 Å². The maximum absolute atomic E-state index is 12.0. The second kappa shape index (κ2) is 7.06. The van der Waals surface area contributed by atoms with Gasteiger partial charge < -0.3 is 15.2 Å². The zero-order chi connectivity index (χ0) is 17.9. The number of hydrogen-bond acceptors (Lipinski definition) is 8. The number of benzene rings is 1. The van der Waals surface area contributed by atoms with Gasteiger partial charge in [0.25, 0.3) is 0 Å². The van der Waals surface area contributed by atoms with Crippen molar-refractivity contribution in [2.24, 2.45) is 5.73 Å². The SMILES string of the molecule is COC(=O)c1ccc(-c2nnc(C(N)C(=O)OC(C)(C)C)s2)cc1. The van der Waals surface area contributed by atoms with Gasteiger partial charge in [-0.25, -0.2) is 9.59 Å². The van der Waals surface area contributed by atoms with Gasteiger partial charge in [-0.3, -0.25) is 0 Å². The molecule has 24 heavy (non-hydrogen) atoms. The maximum Gasteiger partial charge on any atom is 0.337 e. The van der Waals surface area contributed by atoms with E-state index in [1.807, 2.05) is 0 Å². The summed E-state index contributed by atoms with van der Waals surface area (Å²) in [5.74, 6) is -0.960. The van der Waals surface area contributed by atoms with E-state index in [0.717, 1.165) is 5.56 Å². The largest absolute Gasteiger partial charge is 0.465 e. The van der Waals surface area contributed by atoms with Crippen LogP contribution in [-0.2, 0) is 14.3 Å². The molecule has 1 unspecified atom stereocenters. The van der Waals surface area contributed by atoms with E-state index in [1.165, 1.54) is 18.4 Å². The van der Waals surface area contributed by atoms with Gasteiger partial charge in [0, 0.05) is 5.56 Å². The number of nitrogens with zero attached hydrogens (tertiary/aromatic N) is 2. The van der Waals surface area contributed by atoms with Gasteiger partial charge in [-0.2, -0.15) is 0 Å². The molecular formula is C16H19N3O4S. The molecule has 1 aromatic carbocycles. The zero-order valence-electron chi connectivity index (χ0n) is 13.9. The van der Waals surface area contributed by atoms with E-state index in [9.17, 15) is 9.59 Å². The molecule has 0 radical (unpaired) electrons. The van der Waals surface area contributed by atoms with Gasteiger partial charge in [-0.1, -0.05) is 23.5 Å². The highest BCUT2D eigenvalue weighted by Crippen LogP contribution is 2.27. The minimum atomic E-state index is -0.982. The predicted octanol–water partition coefficient (Wildman–Crippen LogP) is 2.33. The topological polar surface area (TPSA) is 104 Å². The van der Waals surface area contributed by atoms with Crippen molar-refractivity contribution in [3.05, 3.63) is 34.8 Å². The van der Waals surface area contributed by atoms with Gasteiger partial charge in [0.15, 0.2) is 6.04 Å². The molecule has 0 aliphatic carbocycles. The van der Waals surface area contributed by atoms with Crippen molar-refractivity contribution in [2.45, 2.75) is 32.4 Å². The number of nitrogens with two attached hydrogens (primary N) is 1. The first-order chi connectivity index (χ1) is 11.2. The molecule has 1 heterocycles. The van der Waals surface area contributed by atoms with Crippen molar-refractivity contribution in [3.63, 3.8) is 0 Å². The van der Waals surface area contributed by atoms with Gasteiger partial charge in [0.2, 0.25) is 0 Å². The van der Waals surface area contributed by atoms with Gasteiger partial charge >= 0.3 is 11.9 Å². The minimum Gasteiger partial charge on any atom is -0.465 e. The lowest BCUT2D eigenvalue weighted by Crippen LogP contribution is -2.31. The number of esters is 2. The molecule has 0 saturated carbocycles. The van der Waals surface area contributed by atoms with Crippen molar-refractivity contribution in [1.29, 1.82) is 0 Å². The average molecular weight is 349 g/mol. The van der Waals surface area contributed by atoms with E-state index < -0.39 is 23.6 Å². The third kappa shape index (κ3) is 4.36. The Balaban J connectivity index is 2.15. The highest BCUT2D eigenvalue weighted by Gasteiger charge is 2.26. The van der Waals surface area contributed by atoms with E-state index in [0.29, 0.717) is 15.6 Å². The van der Waals surface area contributed by atoms with Crippen molar-refractivity contribution in [2.75, 3.05) is 7.11 Å². The quantitative estimate of drug-likeness (QED) is 0.845. The fourth-order valence-electron chi connectivity index (χ4n) is 1.81. The van der Waals surface area contributed by atoms with Crippen LogP contribution >= 0.6 is 11.3 Å². The summed E-state index contributed by atoms with van der Waals surface area (Å²) in [5, 5.41) is 8.98. The molecule has 128 valence electrons. The number of ether oxygens (including phenoxy) is 2.